The van der Waals surface area contributed by atoms with Gasteiger partial charge in [-0.15, -0.1) is 0 Å². The molecule has 1 fully saturated rings. The molecule has 0 bridgehead atoms. The second-order valence-corrected chi connectivity index (χ2v) is 8.49. The van der Waals surface area contributed by atoms with Crippen LogP contribution in [-0.2, 0) is 24.8 Å². The summed E-state index contributed by atoms with van der Waals surface area (Å²) >= 11 is 1.29. The predicted molar refractivity (Wildman–Crippen MR) is 118 cm³/mol. The Balaban J connectivity index is 1.49. The summed E-state index contributed by atoms with van der Waals surface area (Å²) in [5, 5.41) is 3.61. The number of rotatable bonds is 7. The lowest BCUT2D eigenvalue weighted by Gasteiger charge is -2.12. The van der Waals surface area contributed by atoms with E-state index in [-0.39, 0.29) is 18.0 Å². The standard InChI is InChI=1S/C21H25N5O3S/c1-24-19(28)17-18(23-20(30-17)25-12-5-6-13-25)26(21(24)29)14-16(27)22-11-7-10-15-8-3-2-4-9-15/h2-4,8-9H,5-7,10-14H2,1H3,(H,22,27). The third-order valence-corrected chi connectivity index (χ3v) is 6.45. The first-order valence-corrected chi connectivity index (χ1v) is 11.0. The Morgan fingerprint density at radius 2 is 1.90 bits per heavy atom. The highest BCUT2D eigenvalue weighted by Gasteiger charge is 2.22. The van der Waals surface area contributed by atoms with E-state index >= 15 is 0 Å². The normalized spacial score (nSPS) is 13.8. The molecule has 4 rings (SSSR count). The first-order chi connectivity index (χ1) is 14.5. The van der Waals surface area contributed by atoms with Gasteiger partial charge in [-0.25, -0.2) is 9.78 Å². The van der Waals surface area contributed by atoms with Crippen molar-refractivity contribution < 1.29 is 4.79 Å². The Kier molecular flexibility index (Phi) is 5.98. The lowest BCUT2D eigenvalue weighted by molar-refractivity contribution is -0.121. The molecule has 2 aromatic heterocycles. The predicted octanol–water partition coefficient (Wildman–Crippen LogP) is 1.51. The van der Waals surface area contributed by atoms with Crippen molar-refractivity contribution in [3.8, 4) is 0 Å². The number of aryl methyl sites for hydroxylation is 1. The van der Waals surface area contributed by atoms with Gasteiger partial charge in [-0.05, 0) is 31.2 Å². The summed E-state index contributed by atoms with van der Waals surface area (Å²) in [7, 11) is 1.44. The molecule has 0 saturated carbocycles. The van der Waals surface area contributed by atoms with Crippen LogP contribution in [0.3, 0.4) is 0 Å². The van der Waals surface area contributed by atoms with Gasteiger partial charge in [-0.1, -0.05) is 41.7 Å². The second-order valence-electron chi connectivity index (χ2n) is 7.52. The molecule has 3 aromatic rings. The van der Waals surface area contributed by atoms with Crippen molar-refractivity contribution in [1.29, 1.82) is 0 Å². The van der Waals surface area contributed by atoms with E-state index in [1.807, 2.05) is 18.2 Å². The van der Waals surface area contributed by atoms with Crippen molar-refractivity contribution in [3.63, 3.8) is 0 Å². The molecule has 1 saturated heterocycles. The molecule has 1 amide bonds. The number of carbonyl (C=O) groups excluding carboxylic acids is 1. The SMILES string of the molecule is Cn1c(=O)c2sc(N3CCCC3)nc2n(CC(=O)NCCCc2ccccc2)c1=O. The smallest absolute Gasteiger partial charge is 0.332 e. The average molecular weight is 428 g/mol. The monoisotopic (exact) mass is 427 g/mol. The quantitative estimate of drug-likeness (QED) is 0.578. The van der Waals surface area contributed by atoms with Gasteiger partial charge in [0.25, 0.3) is 5.56 Å². The van der Waals surface area contributed by atoms with E-state index < -0.39 is 5.69 Å². The summed E-state index contributed by atoms with van der Waals surface area (Å²) in [6, 6.07) is 10.1. The van der Waals surface area contributed by atoms with E-state index in [1.165, 1.54) is 28.5 Å². The lowest BCUT2D eigenvalue weighted by Crippen LogP contribution is -2.41. The maximum absolute atomic E-state index is 12.7. The van der Waals surface area contributed by atoms with Gasteiger partial charge in [-0.3, -0.25) is 18.7 Å². The van der Waals surface area contributed by atoms with Crippen molar-refractivity contribution in [2.45, 2.75) is 32.2 Å². The largest absolute Gasteiger partial charge is 0.355 e. The minimum atomic E-state index is -0.523. The number of amides is 1. The zero-order valence-corrected chi connectivity index (χ0v) is 17.8. The van der Waals surface area contributed by atoms with Crippen molar-refractivity contribution in [3.05, 3.63) is 56.7 Å². The molecule has 0 atom stereocenters. The first kappa shape index (κ1) is 20.3. The number of fused-ring (bicyclic) bond motifs is 1. The van der Waals surface area contributed by atoms with Gasteiger partial charge in [0.2, 0.25) is 5.91 Å². The van der Waals surface area contributed by atoms with Gasteiger partial charge in [0.05, 0.1) is 0 Å². The van der Waals surface area contributed by atoms with Crippen LogP contribution in [0.25, 0.3) is 10.3 Å². The Labute approximate surface area is 177 Å². The zero-order valence-electron chi connectivity index (χ0n) is 17.0. The number of nitrogens with one attached hydrogen (secondary N) is 1. The summed E-state index contributed by atoms with van der Waals surface area (Å²) < 4.78 is 2.77. The van der Waals surface area contributed by atoms with Crippen LogP contribution in [0.15, 0.2) is 39.9 Å². The third-order valence-electron chi connectivity index (χ3n) is 5.36. The van der Waals surface area contributed by atoms with Crippen LogP contribution in [0.5, 0.6) is 0 Å². The highest BCUT2D eigenvalue weighted by molar-refractivity contribution is 7.22. The molecule has 30 heavy (non-hydrogen) atoms. The fourth-order valence-corrected chi connectivity index (χ4v) is 4.78. The van der Waals surface area contributed by atoms with Crippen LogP contribution in [-0.4, -0.2) is 39.7 Å². The molecular formula is C21H25N5O3S. The number of hydrogen-bond acceptors (Lipinski definition) is 6. The summed E-state index contributed by atoms with van der Waals surface area (Å²) in [4.78, 5) is 44.4. The molecule has 0 spiro atoms. The molecule has 1 N–H and O–H groups in total. The summed E-state index contributed by atoms with van der Waals surface area (Å²) in [5.41, 5.74) is 0.636. The van der Waals surface area contributed by atoms with Crippen LogP contribution in [0.2, 0.25) is 0 Å². The third kappa shape index (κ3) is 4.16. The van der Waals surface area contributed by atoms with Crippen LogP contribution in [0.1, 0.15) is 24.8 Å². The fourth-order valence-electron chi connectivity index (χ4n) is 3.68. The number of benzene rings is 1. The van der Waals surface area contributed by atoms with Crippen LogP contribution >= 0.6 is 11.3 Å². The number of carbonyl (C=O) groups is 1. The first-order valence-electron chi connectivity index (χ1n) is 10.2. The average Bonchev–Trinajstić information content (AvgIpc) is 3.43. The molecule has 0 aliphatic carbocycles. The van der Waals surface area contributed by atoms with E-state index in [0.29, 0.717) is 16.9 Å². The van der Waals surface area contributed by atoms with Gasteiger partial charge in [0.1, 0.15) is 11.2 Å². The molecule has 0 radical (unpaired) electrons. The van der Waals surface area contributed by atoms with Crippen molar-refractivity contribution in [2.75, 3.05) is 24.5 Å². The van der Waals surface area contributed by atoms with Crippen molar-refractivity contribution >= 4 is 32.7 Å². The van der Waals surface area contributed by atoms with E-state index in [4.69, 9.17) is 0 Å². The molecule has 9 heteroatoms. The molecule has 1 aliphatic heterocycles. The highest BCUT2D eigenvalue weighted by atomic mass is 32.1. The fraction of sp³-hybridized carbons (Fsp3) is 0.429. The molecule has 3 heterocycles. The Morgan fingerprint density at radius 3 is 2.63 bits per heavy atom. The van der Waals surface area contributed by atoms with Crippen LogP contribution < -0.4 is 21.5 Å². The van der Waals surface area contributed by atoms with Gasteiger partial charge in [-0.2, -0.15) is 0 Å². The molecule has 1 aromatic carbocycles. The molecule has 158 valence electrons. The van der Waals surface area contributed by atoms with Crippen LogP contribution in [0, 0.1) is 0 Å². The number of aromatic nitrogens is 3. The van der Waals surface area contributed by atoms with E-state index in [2.05, 4.69) is 27.3 Å². The number of hydrogen-bond donors (Lipinski definition) is 1. The minimum absolute atomic E-state index is 0.155. The van der Waals surface area contributed by atoms with Crippen molar-refractivity contribution in [1.82, 2.24) is 19.4 Å². The van der Waals surface area contributed by atoms with E-state index in [0.717, 1.165) is 48.5 Å². The molecule has 1 aliphatic rings. The van der Waals surface area contributed by atoms with E-state index in [1.54, 1.807) is 0 Å². The highest BCUT2D eigenvalue weighted by Crippen LogP contribution is 2.28. The Bertz CT molecular complexity index is 1160. The van der Waals surface area contributed by atoms with Gasteiger partial charge in [0.15, 0.2) is 10.8 Å². The maximum Gasteiger partial charge on any atom is 0.332 e. The van der Waals surface area contributed by atoms with Gasteiger partial charge < -0.3 is 10.2 Å². The van der Waals surface area contributed by atoms with Crippen molar-refractivity contribution in [2.24, 2.45) is 7.05 Å². The second kappa shape index (κ2) is 8.83. The molecule has 0 unspecified atom stereocenters. The summed E-state index contributed by atoms with van der Waals surface area (Å²) in [5.74, 6) is -0.263. The minimum Gasteiger partial charge on any atom is -0.355 e. The topological polar surface area (TPSA) is 89.2 Å². The summed E-state index contributed by atoms with van der Waals surface area (Å²) in [6.07, 6.45) is 3.86. The zero-order chi connectivity index (χ0) is 21.1. The Hall–Kier alpha value is -2.94. The maximum atomic E-state index is 12.7. The number of anilines is 1. The summed E-state index contributed by atoms with van der Waals surface area (Å²) in [6.45, 7) is 2.16. The lowest BCUT2D eigenvalue weighted by atomic mass is 10.1. The molecule has 8 nitrogen and oxygen atoms in total. The number of nitrogens with zero attached hydrogens (tertiary/aromatic N) is 4. The molecular weight excluding hydrogens is 402 g/mol. The van der Waals surface area contributed by atoms with Gasteiger partial charge >= 0.3 is 5.69 Å². The number of thiazole rings is 1. The Morgan fingerprint density at radius 1 is 1.17 bits per heavy atom. The van der Waals surface area contributed by atoms with Gasteiger partial charge in [0, 0.05) is 26.7 Å². The van der Waals surface area contributed by atoms with E-state index in [9.17, 15) is 14.4 Å². The van der Waals surface area contributed by atoms with Crippen LogP contribution in [0.4, 0.5) is 5.13 Å².